The molecule has 72 valence electrons. The van der Waals surface area contributed by atoms with E-state index in [-0.39, 0.29) is 11.4 Å². The number of nitrogens with one attached hydrogen (secondary N) is 1. The molecule has 0 saturated carbocycles. The number of aromatic nitrogens is 2. The Morgan fingerprint density at radius 2 is 2.23 bits per heavy atom. The number of rotatable bonds is 1. The number of carboxylic acid groups (broad SMARTS) is 1. The number of alkyl halides is 3. The molecule has 0 aliphatic heterocycles. The summed E-state index contributed by atoms with van der Waals surface area (Å²) in [6.45, 7) is 0. The molecule has 1 aromatic rings. The Hall–Kier alpha value is -0.650. The lowest BCUT2D eigenvalue weighted by Gasteiger charge is -2.07. The fraction of sp³-hybridized carbons (Fsp3) is 0.200. The summed E-state index contributed by atoms with van der Waals surface area (Å²) >= 11 is 16.4. The third-order valence-corrected chi connectivity index (χ3v) is 1.61. The van der Waals surface area contributed by atoms with Crippen molar-refractivity contribution in [1.82, 2.24) is 10.2 Å². The molecule has 0 aliphatic rings. The number of H-pyrrole nitrogens is 1. The van der Waals surface area contributed by atoms with E-state index in [1.165, 1.54) is 6.20 Å². The van der Waals surface area contributed by atoms with Gasteiger partial charge in [-0.3, -0.25) is 5.10 Å². The lowest BCUT2D eigenvalue weighted by atomic mass is 10.4. The first-order chi connectivity index (χ1) is 5.91. The van der Waals surface area contributed by atoms with Crippen LogP contribution in [0, 0.1) is 0 Å². The zero-order valence-corrected chi connectivity index (χ0v) is 8.19. The summed E-state index contributed by atoms with van der Waals surface area (Å²) in [5.41, 5.74) is -0.0973. The van der Waals surface area contributed by atoms with Crippen molar-refractivity contribution in [3.8, 4) is 5.75 Å². The number of hydrogen-bond donors (Lipinski definition) is 2. The maximum Gasteiger partial charge on any atom is 0.511 e. The summed E-state index contributed by atoms with van der Waals surface area (Å²) in [6, 6.07) is 0. The van der Waals surface area contributed by atoms with Gasteiger partial charge >= 0.3 is 6.16 Å². The lowest BCUT2D eigenvalue weighted by molar-refractivity contribution is 0.144. The number of aromatic amines is 1. The van der Waals surface area contributed by atoms with Gasteiger partial charge in [-0.25, -0.2) is 4.79 Å². The molecule has 1 aromatic heterocycles. The topological polar surface area (TPSA) is 75.2 Å². The van der Waals surface area contributed by atoms with E-state index in [4.69, 9.17) is 39.9 Å². The van der Waals surface area contributed by atoms with Gasteiger partial charge in [0.2, 0.25) is 3.79 Å². The molecule has 8 heteroatoms. The van der Waals surface area contributed by atoms with E-state index in [0.717, 1.165) is 0 Å². The van der Waals surface area contributed by atoms with Crippen molar-refractivity contribution in [1.29, 1.82) is 0 Å². The Labute approximate surface area is 87.5 Å². The SMILES string of the molecule is O=C(O)Oc1c[nH]nc1C(Cl)(Cl)Cl. The highest BCUT2D eigenvalue weighted by Crippen LogP contribution is 2.41. The number of hydrogen-bond acceptors (Lipinski definition) is 3. The Bertz CT molecular complexity index is 319. The van der Waals surface area contributed by atoms with Gasteiger partial charge in [0.15, 0.2) is 11.4 Å². The monoisotopic (exact) mass is 244 g/mol. The van der Waals surface area contributed by atoms with E-state index in [0.29, 0.717) is 0 Å². The minimum Gasteiger partial charge on any atom is -0.449 e. The summed E-state index contributed by atoms with van der Waals surface area (Å²) in [5, 5.41) is 14.1. The molecule has 0 bridgehead atoms. The first-order valence-corrected chi connectivity index (χ1v) is 4.06. The molecule has 0 aromatic carbocycles. The van der Waals surface area contributed by atoms with Crippen LogP contribution in [0.3, 0.4) is 0 Å². The molecular weight excluding hydrogens is 242 g/mol. The normalized spacial score (nSPS) is 11.3. The predicted octanol–water partition coefficient (Wildman–Crippen LogP) is 2.29. The molecule has 2 N–H and O–H groups in total. The third kappa shape index (κ3) is 2.65. The second-order valence-electron chi connectivity index (χ2n) is 1.96. The van der Waals surface area contributed by atoms with E-state index in [2.05, 4.69) is 14.9 Å². The molecule has 0 amide bonds. The highest BCUT2D eigenvalue weighted by molar-refractivity contribution is 6.66. The van der Waals surface area contributed by atoms with Crippen molar-refractivity contribution in [2.45, 2.75) is 3.79 Å². The molecule has 13 heavy (non-hydrogen) atoms. The van der Waals surface area contributed by atoms with Gasteiger partial charge in [-0.15, -0.1) is 0 Å². The minimum absolute atomic E-state index is 0.0973. The molecule has 1 heterocycles. The van der Waals surface area contributed by atoms with Gasteiger partial charge in [0, 0.05) is 0 Å². The molecule has 1 rings (SSSR count). The van der Waals surface area contributed by atoms with Crippen LogP contribution in [0.15, 0.2) is 6.20 Å². The highest BCUT2D eigenvalue weighted by atomic mass is 35.6. The molecular formula is C5H3Cl3N2O3. The summed E-state index contributed by atoms with van der Waals surface area (Å²) < 4.78 is 2.47. The van der Waals surface area contributed by atoms with Gasteiger partial charge in [0.05, 0.1) is 6.20 Å². The number of halogens is 3. The molecule has 0 fully saturated rings. The Balaban J connectivity index is 2.96. The van der Waals surface area contributed by atoms with Crippen LogP contribution < -0.4 is 4.74 Å². The molecule has 0 unspecified atom stereocenters. The van der Waals surface area contributed by atoms with E-state index in [9.17, 15) is 4.79 Å². The third-order valence-electron chi connectivity index (χ3n) is 1.07. The van der Waals surface area contributed by atoms with Crippen LogP contribution in [0.1, 0.15) is 5.69 Å². The van der Waals surface area contributed by atoms with Crippen molar-refractivity contribution >= 4 is 41.0 Å². The fourth-order valence-corrected chi connectivity index (χ4v) is 1.06. The fourth-order valence-electron chi connectivity index (χ4n) is 0.654. The number of nitrogens with zero attached hydrogens (tertiary/aromatic N) is 1. The van der Waals surface area contributed by atoms with Gasteiger partial charge in [-0.1, -0.05) is 34.8 Å². The summed E-state index contributed by atoms with van der Waals surface area (Å²) in [4.78, 5) is 10.2. The maximum atomic E-state index is 10.2. The van der Waals surface area contributed by atoms with Gasteiger partial charge in [-0.2, -0.15) is 5.10 Å². The molecule has 0 aliphatic carbocycles. The Morgan fingerprint density at radius 1 is 1.62 bits per heavy atom. The van der Waals surface area contributed by atoms with E-state index in [1.54, 1.807) is 0 Å². The summed E-state index contributed by atoms with van der Waals surface area (Å²) in [5.74, 6) is -0.132. The van der Waals surface area contributed by atoms with Crippen molar-refractivity contribution in [3.05, 3.63) is 11.9 Å². The Morgan fingerprint density at radius 3 is 2.69 bits per heavy atom. The average molecular weight is 245 g/mol. The van der Waals surface area contributed by atoms with E-state index in [1.807, 2.05) is 0 Å². The number of ether oxygens (including phenoxy) is 1. The quantitative estimate of drug-likeness (QED) is 0.588. The first-order valence-electron chi connectivity index (χ1n) is 2.93. The molecule has 0 spiro atoms. The predicted molar refractivity (Wildman–Crippen MR) is 46.5 cm³/mol. The lowest BCUT2D eigenvalue weighted by Crippen LogP contribution is -2.08. The molecule has 5 nitrogen and oxygen atoms in total. The summed E-state index contributed by atoms with van der Waals surface area (Å²) in [6.07, 6.45) is -0.331. The van der Waals surface area contributed by atoms with Crippen LogP contribution in [0.5, 0.6) is 5.75 Å². The van der Waals surface area contributed by atoms with Gasteiger partial charge in [0.1, 0.15) is 0 Å². The molecule has 0 atom stereocenters. The zero-order valence-electron chi connectivity index (χ0n) is 5.92. The Kier molecular flexibility index (Phi) is 2.90. The standard InChI is InChI=1S/C5H3Cl3N2O3/c6-5(7,8)3-2(1-9-10-3)13-4(11)12/h1H,(H,9,10)(H,11,12). The van der Waals surface area contributed by atoms with Crippen LogP contribution in [0.25, 0.3) is 0 Å². The van der Waals surface area contributed by atoms with Crippen molar-refractivity contribution in [2.24, 2.45) is 0 Å². The minimum atomic E-state index is -1.81. The van der Waals surface area contributed by atoms with Crippen molar-refractivity contribution in [3.63, 3.8) is 0 Å². The number of carbonyl (C=O) groups is 1. The molecule has 0 saturated heterocycles. The second kappa shape index (κ2) is 3.61. The van der Waals surface area contributed by atoms with Gasteiger partial charge in [-0.05, 0) is 0 Å². The zero-order chi connectivity index (χ0) is 10.1. The van der Waals surface area contributed by atoms with Crippen LogP contribution in [-0.2, 0) is 3.79 Å². The second-order valence-corrected chi connectivity index (χ2v) is 4.25. The van der Waals surface area contributed by atoms with Gasteiger partial charge < -0.3 is 9.84 Å². The van der Waals surface area contributed by atoms with Crippen LogP contribution in [0.2, 0.25) is 0 Å². The van der Waals surface area contributed by atoms with Crippen molar-refractivity contribution in [2.75, 3.05) is 0 Å². The van der Waals surface area contributed by atoms with Gasteiger partial charge in [0.25, 0.3) is 0 Å². The smallest absolute Gasteiger partial charge is 0.449 e. The first kappa shape index (κ1) is 10.4. The molecule has 0 radical (unpaired) electrons. The summed E-state index contributed by atoms with van der Waals surface area (Å²) in [7, 11) is 0. The largest absolute Gasteiger partial charge is 0.511 e. The average Bonchev–Trinajstić information content (AvgIpc) is 2.31. The van der Waals surface area contributed by atoms with E-state index >= 15 is 0 Å². The van der Waals surface area contributed by atoms with Crippen LogP contribution in [-0.4, -0.2) is 21.5 Å². The van der Waals surface area contributed by atoms with Crippen LogP contribution >= 0.6 is 34.8 Å². The highest BCUT2D eigenvalue weighted by Gasteiger charge is 2.31. The maximum absolute atomic E-state index is 10.2. The van der Waals surface area contributed by atoms with E-state index < -0.39 is 9.95 Å². The van der Waals surface area contributed by atoms with Crippen LogP contribution in [0.4, 0.5) is 4.79 Å². The van der Waals surface area contributed by atoms with Crippen molar-refractivity contribution < 1.29 is 14.6 Å².